The fourth-order valence-corrected chi connectivity index (χ4v) is 3.49. The first-order valence-electron chi connectivity index (χ1n) is 9.13. The van der Waals surface area contributed by atoms with E-state index in [2.05, 4.69) is 70.5 Å². The summed E-state index contributed by atoms with van der Waals surface area (Å²) in [7, 11) is 0. The Morgan fingerprint density at radius 2 is 1.35 bits per heavy atom. The highest BCUT2D eigenvalue weighted by Gasteiger charge is 2.26. The molecule has 1 N–H and O–H groups in total. The summed E-state index contributed by atoms with van der Waals surface area (Å²) in [5.41, 5.74) is 2.71. The lowest BCUT2D eigenvalue weighted by atomic mass is 9.96. The van der Waals surface area contributed by atoms with E-state index >= 15 is 0 Å². The molecule has 0 aromatic heterocycles. The van der Waals surface area contributed by atoms with E-state index in [4.69, 9.17) is 9.84 Å². The Bertz CT molecular complexity index is 564. The van der Waals surface area contributed by atoms with Crippen molar-refractivity contribution in [2.75, 3.05) is 52.5 Å². The zero-order valence-corrected chi connectivity index (χ0v) is 16.0. The van der Waals surface area contributed by atoms with Gasteiger partial charge in [-0.15, -0.1) is 12.4 Å². The standard InChI is InChI=1S/C21H28N2O2.ClH/c24-16-18-25-17-15-22-11-13-23(14-12-22)21(19-7-3-1-4-8-19)20-9-5-2-6-10-20;/h1-10,21,24H,11-18H2;1H. The first-order chi connectivity index (χ1) is 12.4. The van der Waals surface area contributed by atoms with Crippen LogP contribution in [0.1, 0.15) is 17.2 Å². The van der Waals surface area contributed by atoms with E-state index in [1.807, 2.05) is 0 Å². The van der Waals surface area contributed by atoms with Crippen molar-refractivity contribution in [3.63, 3.8) is 0 Å². The lowest BCUT2D eigenvalue weighted by molar-refractivity contribution is 0.0522. The Labute approximate surface area is 162 Å². The van der Waals surface area contributed by atoms with E-state index in [9.17, 15) is 0 Å². The molecule has 26 heavy (non-hydrogen) atoms. The molecule has 1 heterocycles. The number of benzene rings is 2. The second-order valence-electron chi connectivity index (χ2n) is 6.44. The largest absolute Gasteiger partial charge is 0.394 e. The van der Waals surface area contributed by atoms with Gasteiger partial charge in [0.2, 0.25) is 0 Å². The molecule has 2 aromatic rings. The summed E-state index contributed by atoms with van der Waals surface area (Å²) in [6.07, 6.45) is 0. The average molecular weight is 377 g/mol. The summed E-state index contributed by atoms with van der Waals surface area (Å²) >= 11 is 0. The van der Waals surface area contributed by atoms with Gasteiger partial charge in [0, 0.05) is 32.7 Å². The number of rotatable bonds is 8. The van der Waals surface area contributed by atoms with Crippen molar-refractivity contribution in [3.05, 3.63) is 71.8 Å². The van der Waals surface area contributed by atoms with E-state index in [0.29, 0.717) is 19.3 Å². The van der Waals surface area contributed by atoms with Gasteiger partial charge in [0.15, 0.2) is 0 Å². The Balaban J connectivity index is 0.00000243. The fourth-order valence-electron chi connectivity index (χ4n) is 3.49. The van der Waals surface area contributed by atoms with E-state index in [1.54, 1.807) is 0 Å². The Morgan fingerprint density at radius 1 is 0.808 bits per heavy atom. The van der Waals surface area contributed by atoms with Crippen molar-refractivity contribution in [1.82, 2.24) is 9.80 Å². The van der Waals surface area contributed by atoms with Crippen molar-refractivity contribution in [3.8, 4) is 0 Å². The zero-order chi connectivity index (χ0) is 17.3. The molecule has 4 nitrogen and oxygen atoms in total. The van der Waals surface area contributed by atoms with Gasteiger partial charge in [-0.05, 0) is 11.1 Å². The molecule has 0 bridgehead atoms. The topological polar surface area (TPSA) is 35.9 Å². The summed E-state index contributed by atoms with van der Waals surface area (Å²) in [6.45, 7) is 6.38. The molecular weight excluding hydrogens is 348 g/mol. The smallest absolute Gasteiger partial charge is 0.0698 e. The third-order valence-corrected chi connectivity index (χ3v) is 4.79. The second-order valence-corrected chi connectivity index (χ2v) is 6.44. The van der Waals surface area contributed by atoms with Crippen LogP contribution in [0, 0.1) is 0 Å². The van der Waals surface area contributed by atoms with Gasteiger partial charge in [0.05, 0.1) is 25.9 Å². The highest BCUT2D eigenvalue weighted by atomic mass is 35.5. The SMILES string of the molecule is Cl.OCCOCCN1CCN(C(c2ccccc2)c2ccccc2)CC1. The van der Waals surface area contributed by atoms with E-state index < -0.39 is 0 Å². The predicted octanol–water partition coefficient (Wildman–Crippen LogP) is 2.82. The third-order valence-electron chi connectivity index (χ3n) is 4.79. The normalized spacial score (nSPS) is 15.8. The van der Waals surface area contributed by atoms with Gasteiger partial charge in [-0.1, -0.05) is 60.7 Å². The van der Waals surface area contributed by atoms with Crippen molar-refractivity contribution in [2.24, 2.45) is 0 Å². The van der Waals surface area contributed by atoms with Gasteiger partial charge in [0.25, 0.3) is 0 Å². The Morgan fingerprint density at radius 3 is 1.85 bits per heavy atom. The molecule has 1 saturated heterocycles. The summed E-state index contributed by atoms with van der Waals surface area (Å²) in [5.74, 6) is 0. The van der Waals surface area contributed by atoms with E-state index in [0.717, 1.165) is 32.7 Å². The van der Waals surface area contributed by atoms with Crippen LogP contribution in [0.15, 0.2) is 60.7 Å². The van der Waals surface area contributed by atoms with Gasteiger partial charge in [-0.25, -0.2) is 0 Å². The molecule has 0 atom stereocenters. The number of aliphatic hydroxyl groups is 1. The molecule has 142 valence electrons. The number of hydrogen-bond acceptors (Lipinski definition) is 4. The van der Waals surface area contributed by atoms with E-state index in [-0.39, 0.29) is 19.0 Å². The van der Waals surface area contributed by atoms with Crippen molar-refractivity contribution in [1.29, 1.82) is 0 Å². The first-order valence-corrected chi connectivity index (χ1v) is 9.13. The molecular formula is C21H29ClN2O2. The van der Waals surface area contributed by atoms with Crippen LogP contribution < -0.4 is 0 Å². The molecule has 1 aliphatic heterocycles. The van der Waals surface area contributed by atoms with Crippen LogP contribution in [0.25, 0.3) is 0 Å². The van der Waals surface area contributed by atoms with Gasteiger partial charge in [-0.2, -0.15) is 0 Å². The minimum absolute atomic E-state index is 0. The highest BCUT2D eigenvalue weighted by Crippen LogP contribution is 2.29. The highest BCUT2D eigenvalue weighted by molar-refractivity contribution is 5.85. The molecule has 0 saturated carbocycles. The average Bonchev–Trinajstić information content (AvgIpc) is 2.68. The molecule has 0 amide bonds. The molecule has 3 rings (SSSR count). The van der Waals surface area contributed by atoms with Crippen molar-refractivity contribution in [2.45, 2.75) is 6.04 Å². The first kappa shape index (κ1) is 20.9. The number of aliphatic hydroxyl groups excluding tert-OH is 1. The lowest BCUT2D eigenvalue weighted by Gasteiger charge is -2.39. The Kier molecular flexibility index (Phi) is 9.09. The summed E-state index contributed by atoms with van der Waals surface area (Å²) < 4.78 is 5.39. The second kappa shape index (κ2) is 11.3. The summed E-state index contributed by atoms with van der Waals surface area (Å²) in [6, 6.07) is 21.9. The van der Waals surface area contributed by atoms with E-state index in [1.165, 1.54) is 11.1 Å². The molecule has 1 aliphatic rings. The predicted molar refractivity (Wildman–Crippen MR) is 108 cm³/mol. The van der Waals surface area contributed by atoms with Crippen molar-refractivity contribution < 1.29 is 9.84 Å². The maximum Gasteiger partial charge on any atom is 0.0698 e. The van der Waals surface area contributed by atoms with Gasteiger partial charge < -0.3 is 9.84 Å². The van der Waals surface area contributed by atoms with Gasteiger partial charge in [-0.3, -0.25) is 9.80 Å². The van der Waals surface area contributed by atoms with Crippen LogP contribution in [0.5, 0.6) is 0 Å². The van der Waals surface area contributed by atoms with Crippen LogP contribution in [-0.4, -0.2) is 67.5 Å². The van der Waals surface area contributed by atoms with Crippen LogP contribution in [0.4, 0.5) is 0 Å². The van der Waals surface area contributed by atoms with Crippen molar-refractivity contribution >= 4 is 12.4 Å². The molecule has 1 fully saturated rings. The molecule has 0 radical (unpaired) electrons. The summed E-state index contributed by atoms with van der Waals surface area (Å²) in [4.78, 5) is 5.02. The van der Waals surface area contributed by atoms with Crippen LogP contribution in [0.2, 0.25) is 0 Å². The number of nitrogens with zero attached hydrogens (tertiary/aromatic N) is 2. The zero-order valence-electron chi connectivity index (χ0n) is 15.2. The van der Waals surface area contributed by atoms with Crippen LogP contribution in [-0.2, 0) is 4.74 Å². The van der Waals surface area contributed by atoms with Crippen LogP contribution >= 0.6 is 12.4 Å². The molecule has 0 spiro atoms. The minimum atomic E-state index is 0. The monoisotopic (exact) mass is 376 g/mol. The maximum absolute atomic E-state index is 8.77. The van der Waals surface area contributed by atoms with Gasteiger partial charge in [0.1, 0.15) is 0 Å². The third kappa shape index (κ3) is 5.79. The molecule has 0 unspecified atom stereocenters. The number of piperazine rings is 1. The summed E-state index contributed by atoms with van der Waals surface area (Å²) in [5, 5.41) is 8.77. The quantitative estimate of drug-likeness (QED) is 0.719. The van der Waals surface area contributed by atoms with Gasteiger partial charge >= 0.3 is 0 Å². The molecule has 0 aliphatic carbocycles. The molecule has 5 heteroatoms. The Hall–Kier alpha value is -1.43. The number of halogens is 1. The fraction of sp³-hybridized carbons (Fsp3) is 0.429. The maximum atomic E-state index is 8.77. The number of hydrogen-bond donors (Lipinski definition) is 1. The lowest BCUT2D eigenvalue weighted by Crippen LogP contribution is -2.48. The van der Waals surface area contributed by atoms with Crippen LogP contribution in [0.3, 0.4) is 0 Å². The molecule has 2 aromatic carbocycles. The minimum Gasteiger partial charge on any atom is -0.394 e. The number of ether oxygens (including phenoxy) is 1.